The van der Waals surface area contributed by atoms with Gasteiger partial charge >= 0.3 is 6.03 Å². The van der Waals surface area contributed by atoms with Crippen molar-refractivity contribution >= 4 is 29.0 Å². The van der Waals surface area contributed by atoms with Crippen LogP contribution in [-0.4, -0.2) is 42.1 Å². The van der Waals surface area contributed by atoms with E-state index in [2.05, 4.69) is 15.2 Å². The van der Waals surface area contributed by atoms with E-state index in [-0.39, 0.29) is 11.6 Å². The molecule has 23 heavy (non-hydrogen) atoms. The number of aromatic amines is 1. The first-order valence-electron chi connectivity index (χ1n) is 7.37. The topological polar surface area (TPSA) is 68.4 Å². The van der Waals surface area contributed by atoms with Crippen LogP contribution in [-0.2, 0) is 0 Å². The third-order valence-corrected chi connectivity index (χ3v) is 4.05. The van der Waals surface area contributed by atoms with E-state index in [0.717, 1.165) is 24.5 Å². The molecule has 1 aromatic carbocycles. The van der Waals surface area contributed by atoms with Gasteiger partial charge in [-0.3, -0.25) is 4.79 Å². The van der Waals surface area contributed by atoms with Gasteiger partial charge in [-0.1, -0.05) is 11.6 Å². The summed E-state index contributed by atoms with van der Waals surface area (Å²) in [5.41, 5.74) is 1.57. The van der Waals surface area contributed by atoms with Crippen LogP contribution in [0.15, 0.2) is 47.4 Å². The molecule has 1 saturated heterocycles. The van der Waals surface area contributed by atoms with Gasteiger partial charge in [-0.2, -0.15) is 0 Å². The number of aromatic nitrogens is 1. The first kappa shape index (κ1) is 15.4. The zero-order chi connectivity index (χ0) is 16.2. The van der Waals surface area contributed by atoms with Gasteiger partial charge in [0.2, 0.25) is 5.56 Å². The van der Waals surface area contributed by atoms with E-state index in [4.69, 9.17) is 11.6 Å². The molecule has 0 saturated carbocycles. The predicted octanol–water partition coefficient (Wildman–Crippen LogP) is 2.38. The highest BCUT2D eigenvalue weighted by Gasteiger charge is 2.21. The maximum atomic E-state index is 12.3. The number of carbonyl (C=O) groups excluding carboxylic acids is 1. The summed E-state index contributed by atoms with van der Waals surface area (Å²) in [6.07, 6.45) is 1.70. The lowest BCUT2D eigenvalue weighted by Gasteiger charge is -2.35. The van der Waals surface area contributed by atoms with Crippen LogP contribution < -0.4 is 15.8 Å². The number of hydrogen-bond donors (Lipinski definition) is 2. The Morgan fingerprint density at radius 1 is 1.04 bits per heavy atom. The Kier molecular flexibility index (Phi) is 4.52. The number of carbonyl (C=O) groups is 1. The normalized spacial score (nSPS) is 14.7. The smallest absolute Gasteiger partial charge is 0.321 e. The van der Waals surface area contributed by atoms with Gasteiger partial charge in [0.25, 0.3) is 0 Å². The van der Waals surface area contributed by atoms with Crippen molar-refractivity contribution in [3.8, 4) is 0 Å². The molecule has 7 heteroatoms. The number of pyridine rings is 1. The molecule has 6 nitrogen and oxygen atoms in total. The van der Waals surface area contributed by atoms with Gasteiger partial charge in [-0.25, -0.2) is 4.79 Å². The number of amides is 2. The highest BCUT2D eigenvalue weighted by atomic mass is 35.5. The van der Waals surface area contributed by atoms with E-state index in [0.29, 0.717) is 18.1 Å². The molecule has 1 aliphatic heterocycles. The number of benzene rings is 1. The van der Waals surface area contributed by atoms with Crippen molar-refractivity contribution in [1.29, 1.82) is 0 Å². The van der Waals surface area contributed by atoms with Crippen molar-refractivity contribution in [1.82, 2.24) is 9.88 Å². The van der Waals surface area contributed by atoms with Crippen LogP contribution in [0.25, 0.3) is 0 Å². The standard InChI is InChI=1S/C16H17ClN4O2/c17-12-1-3-13(4-2-12)19-16(23)21-9-7-20(8-10-21)14-5-6-15(22)18-11-14/h1-6,11H,7-10H2,(H,18,22)(H,19,23). The van der Waals surface area contributed by atoms with Crippen LogP contribution in [0, 0.1) is 0 Å². The second-order valence-corrected chi connectivity index (χ2v) is 5.76. The number of nitrogens with zero attached hydrogens (tertiary/aromatic N) is 2. The Morgan fingerprint density at radius 3 is 2.35 bits per heavy atom. The van der Waals surface area contributed by atoms with Gasteiger partial charge in [-0.05, 0) is 30.3 Å². The third kappa shape index (κ3) is 3.84. The van der Waals surface area contributed by atoms with E-state index in [1.54, 1.807) is 41.4 Å². The van der Waals surface area contributed by atoms with Crippen LogP contribution >= 0.6 is 11.6 Å². The van der Waals surface area contributed by atoms with Gasteiger partial charge < -0.3 is 20.1 Å². The van der Waals surface area contributed by atoms with Crippen molar-refractivity contribution in [3.05, 3.63) is 58.0 Å². The quantitative estimate of drug-likeness (QED) is 0.887. The number of urea groups is 1. The number of rotatable bonds is 2. The van der Waals surface area contributed by atoms with Crippen molar-refractivity contribution in [2.75, 3.05) is 36.4 Å². The molecule has 2 N–H and O–H groups in total. The van der Waals surface area contributed by atoms with Gasteiger partial charge in [0.15, 0.2) is 0 Å². The summed E-state index contributed by atoms with van der Waals surface area (Å²) in [5.74, 6) is 0. The fourth-order valence-corrected chi connectivity index (χ4v) is 2.63. The summed E-state index contributed by atoms with van der Waals surface area (Å²) in [7, 11) is 0. The fourth-order valence-electron chi connectivity index (χ4n) is 2.50. The highest BCUT2D eigenvalue weighted by molar-refractivity contribution is 6.30. The summed E-state index contributed by atoms with van der Waals surface area (Å²) in [6, 6.07) is 10.2. The molecule has 0 bridgehead atoms. The lowest BCUT2D eigenvalue weighted by molar-refractivity contribution is 0.208. The van der Waals surface area contributed by atoms with Gasteiger partial charge in [0.1, 0.15) is 0 Å². The highest BCUT2D eigenvalue weighted by Crippen LogP contribution is 2.16. The Labute approximate surface area is 138 Å². The van der Waals surface area contributed by atoms with Crippen molar-refractivity contribution in [2.45, 2.75) is 0 Å². The van der Waals surface area contributed by atoms with Crippen LogP contribution in [0.4, 0.5) is 16.2 Å². The average Bonchev–Trinajstić information content (AvgIpc) is 2.58. The van der Waals surface area contributed by atoms with Gasteiger partial charge in [0.05, 0.1) is 5.69 Å². The Hall–Kier alpha value is -2.47. The van der Waals surface area contributed by atoms with Crippen LogP contribution in [0.1, 0.15) is 0 Å². The monoisotopic (exact) mass is 332 g/mol. The third-order valence-electron chi connectivity index (χ3n) is 3.80. The molecule has 1 fully saturated rings. The molecule has 1 aliphatic rings. The minimum Gasteiger partial charge on any atom is -0.367 e. The number of hydrogen-bond acceptors (Lipinski definition) is 3. The summed E-state index contributed by atoms with van der Waals surface area (Å²) < 4.78 is 0. The molecule has 2 amide bonds. The fraction of sp³-hybridized carbons (Fsp3) is 0.250. The number of halogens is 1. The largest absolute Gasteiger partial charge is 0.367 e. The minimum atomic E-state index is -0.117. The summed E-state index contributed by atoms with van der Waals surface area (Å²) in [5, 5.41) is 3.50. The van der Waals surface area contributed by atoms with Gasteiger partial charge in [-0.15, -0.1) is 0 Å². The number of piperazine rings is 1. The SMILES string of the molecule is O=C(Nc1ccc(Cl)cc1)N1CCN(c2ccc(=O)[nH]c2)CC1. The van der Waals surface area contributed by atoms with E-state index in [1.807, 2.05) is 0 Å². The van der Waals surface area contributed by atoms with Crippen molar-refractivity contribution in [2.24, 2.45) is 0 Å². The van der Waals surface area contributed by atoms with E-state index < -0.39 is 0 Å². The lowest BCUT2D eigenvalue weighted by Crippen LogP contribution is -2.50. The average molecular weight is 333 g/mol. The summed E-state index contributed by atoms with van der Waals surface area (Å²) in [4.78, 5) is 29.9. The Balaban J connectivity index is 1.55. The molecular weight excluding hydrogens is 316 g/mol. The molecule has 0 spiro atoms. The second kappa shape index (κ2) is 6.75. The molecule has 0 radical (unpaired) electrons. The van der Waals surface area contributed by atoms with Crippen LogP contribution in [0.3, 0.4) is 0 Å². The molecule has 2 aromatic rings. The Morgan fingerprint density at radius 2 is 1.74 bits per heavy atom. The first-order valence-corrected chi connectivity index (χ1v) is 7.75. The lowest BCUT2D eigenvalue weighted by atomic mass is 10.3. The van der Waals surface area contributed by atoms with E-state index in [1.165, 1.54) is 6.07 Å². The zero-order valence-corrected chi connectivity index (χ0v) is 13.2. The zero-order valence-electron chi connectivity index (χ0n) is 12.5. The number of nitrogens with one attached hydrogen (secondary N) is 2. The summed E-state index contributed by atoms with van der Waals surface area (Å²) >= 11 is 5.83. The number of H-pyrrole nitrogens is 1. The molecule has 120 valence electrons. The van der Waals surface area contributed by atoms with Gasteiger partial charge in [0, 0.05) is 49.2 Å². The first-order chi connectivity index (χ1) is 11.1. The molecule has 1 aromatic heterocycles. The number of anilines is 2. The maximum Gasteiger partial charge on any atom is 0.321 e. The molecular formula is C16H17ClN4O2. The summed E-state index contributed by atoms with van der Waals surface area (Å²) in [6.45, 7) is 2.69. The van der Waals surface area contributed by atoms with Crippen LogP contribution in [0.2, 0.25) is 5.02 Å². The molecule has 2 heterocycles. The van der Waals surface area contributed by atoms with Crippen LogP contribution in [0.5, 0.6) is 0 Å². The van der Waals surface area contributed by atoms with Crippen molar-refractivity contribution in [3.63, 3.8) is 0 Å². The Bertz CT molecular complexity index is 716. The maximum absolute atomic E-state index is 12.3. The second-order valence-electron chi connectivity index (χ2n) is 5.32. The molecule has 0 unspecified atom stereocenters. The van der Waals surface area contributed by atoms with Crippen molar-refractivity contribution < 1.29 is 4.79 Å². The molecule has 3 rings (SSSR count). The van der Waals surface area contributed by atoms with E-state index in [9.17, 15) is 9.59 Å². The minimum absolute atomic E-state index is 0.116. The molecule has 0 atom stereocenters. The predicted molar refractivity (Wildman–Crippen MR) is 91.3 cm³/mol. The van der Waals surface area contributed by atoms with E-state index >= 15 is 0 Å². The molecule has 0 aliphatic carbocycles.